The van der Waals surface area contributed by atoms with Crippen LogP contribution in [0.5, 0.6) is 0 Å². The Morgan fingerprint density at radius 2 is 1.36 bits per heavy atom. The summed E-state index contributed by atoms with van der Waals surface area (Å²) in [6.07, 6.45) is -3.95. The molecule has 2 aromatic carbocycles. The summed E-state index contributed by atoms with van der Waals surface area (Å²) in [6.45, 7) is 0.309. The van der Waals surface area contributed by atoms with Crippen LogP contribution in [0.25, 0.3) is 0 Å². The van der Waals surface area contributed by atoms with Crippen molar-refractivity contribution in [1.82, 2.24) is 10.6 Å². The van der Waals surface area contributed by atoms with Gasteiger partial charge in [0.1, 0.15) is 12.1 Å². The Hall–Kier alpha value is -4.62. The molecule has 2 atom stereocenters. The van der Waals surface area contributed by atoms with Crippen molar-refractivity contribution in [3.05, 3.63) is 71.8 Å². The number of carboxylic acids is 1. The highest BCUT2D eigenvalue weighted by molar-refractivity contribution is 5.92. The van der Waals surface area contributed by atoms with Crippen LogP contribution in [0.3, 0.4) is 0 Å². The normalized spacial score (nSPS) is 12.1. The molecule has 2 aromatic rings. The van der Waals surface area contributed by atoms with Crippen LogP contribution in [0.2, 0.25) is 0 Å². The number of primary amides is 1. The van der Waals surface area contributed by atoms with Crippen LogP contribution in [-0.4, -0.2) is 59.6 Å². The number of amides is 3. The van der Waals surface area contributed by atoms with Crippen molar-refractivity contribution in [2.24, 2.45) is 22.2 Å². The summed E-state index contributed by atoms with van der Waals surface area (Å²) in [7, 11) is 0. The highest BCUT2D eigenvalue weighted by Crippen LogP contribution is 2.13. The topological polar surface area (TPSA) is 203 Å². The lowest BCUT2D eigenvalue weighted by Crippen LogP contribution is -2.53. The zero-order valence-electron chi connectivity index (χ0n) is 20.9. The minimum Gasteiger partial charge on any atom is -0.475 e. The van der Waals surface area contributed by atoms with E-state index < -0.39 is 36.0 Å². The molecule has 0 heterocycles. The van der Waals surface area contributed by atoms with E-state index in [0.29, 0.717) is 19.4 Å². The number of carbonyl (C=O) groups is 4. The lowest BCUT2D eigenvalue weighted by molar-refractivity contribution is -0.192. The number of halogens is 3. The van der Waals surface area contributed by atoms with Crippen LogP contribution >= 0.6 is 0 Å². The molecule has 0 radical (unpaired) electrons. The second kappa shape index (κ2) is 16.3. The molecule has 39 heavy (non-hydrogen) atoms. The van der Waals surface area contributed by atoms with Gasteiger partial charge in [0.2, 0.25) is 17.7 Å². The summed E-state index contributed by atoms with van der Waals surface area (Å²) >= 11 is 0. The molecule has 2 rings (SSSR count). The SMILES string of the molecule is NC(=O)[C@H](Cc1ccccc1)NC(=O)[C@@H](CCCN=C(N)N)NC(=O)Cc1ccccc1.O=C(O)C(F)(F)F. The number of hydrogen-bond donors (Lipinski definition) is 6. The molecule has 3 amide bonds. The number of carbonyl (C=O) groups excluding carboxylic acids is 3. The van der Waals surface area contributed by atoms with Gasteiger partial charge in [0.15, 0.2) is 5.96 Å². The number of rotatable bonds is 12. The van der Waals surface area contributed by atoms with E-state index in [1.807, 2.05) is 60.7 Å². The Morgan fingerprint density at radius 3 is 1.82 bits per heavy atom. The first-order chi connectivity index (χ1) is 18.3. The van der Waals surface area contributed by atoms with E-state index in [9.17, 15) is 27.6 Å². The third kappa shape index (κ3) is 14.0. The molecule has 0 fully saturated rings. The summed E-state index contributed by atoms with van der Waals surface area (Å²) < 4.78 is 31.7. The molecule has 14 heteroatoms. The predicted molar refractivity (Wildman–Crippen MR) is 137 cm³/mol. The lowest BCUT2D eigenvalue weighted by atomic mass is 10.0. The number of benzene rings is 2. The number of aliphatic imine (C=N–C) groups is 1. The van der Waals surface area contributed by atoms with Gasteiger partial charge in [0, 0.05) is 13.0 Å². The van der Waals surface area contributed by atoms with Crippen molar-refractivity contribution in [2.45, 2.75) is 43.9 Å². The van der Waals surface area contributed by atoms with Crippen molar-refractivity contribution in [1.29, 1.82) is 0 Å². The molecule has 9 N–H and O–H groups in total. The average molecular weight is 553 g/mol. The van der Waals surface area contributed by atoms with Crippen LogP contribution in [0, 0.1) is 0 Å². The van der Waals surface area contributed by atoms with Gasteiger partial charge >= 0.3 is 12.1 Å². The smallest absolute Gasteiger partial charge is 0.475 e. The van der Waals surface area contributed by atoms with Gasteiger partial charge in [-0.15, -0.1) is 0 Å². The Labute approximate surface area is 222 Å². The first-order valence-corrected chi connectivity index (χ1v) is 11.6. The molecule has 0 spiro atoms. The number of guanidine groups is 1. The first kappa shape index (κ1) is 32.4. The maximum Gasteiger partial charge on any atom is 0.490 e. The van der Waals surface area contributed by atoms with Crippen LogP contribution in [0.15, 0.2) is 65.7 Å². The standard InChI is InChI=1S/C23H30N6O3.C2HF3O2/c24-21(31)19(14-16-8-3-1-4-9-16)29-22(32)18(12-7-13-27-23(25)26)28-20(30)15-17-10-5-2-6-11-17;3-2(4,5)1(6)7/h1-6,8-11,18-19H,7,12-15H2,(H2,24,31)(H,28,30)(H,29,32)(H4,25,26,27);(H,6,7)/t18-,19+;/m1./s1. The summed E-state index contributed by atoms with van der Waals surface area (Å²) in [5.41, 5.74) is 17.9. The predicted octanol–water partition coefficient (Wildman–Crippen LogP) is 0.614. The molecule has 0 bridgehead atoms. The Balaban J connectivity index is 0.000000956. The van der Waals surface area contributed by atoms with Gasteiger partial charge in [-0.2, -0.15) is 13.2 Å². The quantitative estimate of drug-likeness (QED) is 0.126. The monoisotopic (exact) mass is 552 g/mol. The molecular weight excluding hydrogens is 521 g/mol. The molecule has 0 saturated carbocycles. The molecule has 11 nitrogen and oxygen atoms in total. The van der Waals surface area contributed by atoms with Gasteiger partial charge in [0.25, 0.3) is 0 Å². The summed E-state index contributed by atoms with van der Waals surface area (Å²) in [5, 5.41) is 12.5. The van der Waals surface area contributed by atoms with E-state index in [2.05, 4.69) is 15.6 Å². The van der Waals surface area contributed by atoms with Crippen LogP contribution in [-0.2, 0) is 32.0 Å². The number of hydrogen-bond acceptors (Lipinski definition) is 5. The van der Waals surface area contributed by atoms with Gasteiger partial charge in [-0.3, -0.25) is 19.4 Å². The summed E-state index contributed by atoms with van der Waals surface area (Å²) in [5.74, 6) is -4.26. The number of aliphatic carboxylic acids is 1. The maximum atomic E-state index is 12.9. The molecule has 0 saturated heterocycles. The molecule has 0 aliphatic rings. The first-order valence-electron chi connectivity index (χ1n) is 11.6. The number of carboxylic acid groups (broad SMARTS) is 1. The molecule has 0 aliphatic heterocycles. The van der Waals surface area contributed by atoms with E-state index >= 15 is 0 Å². The van der Waals surface area contributed by atoms with Gasteiger partial charge in [-0.25, -0.2) is 4.79 Å². The highest BCUT2D eigenvalue weighted by atomic mass is 19.4. The molecule has 0 aliphatic carbocycles. The number of nitrogens with zero attached hydrogens (tertiary/aromatic N) is 1. The molecule has 0 aromatic heterocycles. The minimum absolute atomic E-state index is 0.0456. The van der Waals surface area contributed by atoms with E-state index in [1.165, 1.54) is 0 Å². The minimum atomic E-state index is -5.08. The van der Waals surface area contributed by atoms with Crippen molar-refractivity contribution in [3.8, 4) is 0 Å². The van der Waals surface area contributed by atoms with E-state index in [4.69, 9.17) is 27.1 Å². The van der Waals surface area contributed by atoms with Crippen molar-refractivity contribution >= 4 is 29.7 Å². The molecular formula is C25H31F3N6O5. The maximum absolute atomic E-state index is 12.9. The third-order valence-corrected chi connectivity index (χ3v) is 4.99. The number of alkyl halides is 3. The van der Waals surface area contributed by atoms with Gasteiger partial charge < -0.3 is 32.9 Å². The second-order valence-electron chi connectivity index (χ2n) is 8.19. The highest BCUT2D eigenvalue weighted by Gasteiger charge is 2.38. The van der Waals surface area contributed by atoms with Gasteiger partial charge in [0.05, 0.1) is 6.42 Å². The number of nitrogens with two attached hydrogens (primary N) is 3. The van der Waals surface area contributed by atoms with E-state index in [1.54, 1.807) is 0 Å². The fourth-order valence-electron chi connectivity index (χ4n) is 3.14. The third-order valence-electron chi connectivity index (χ3n) is 4.99. The van der Waals surface area contributed by atoms with Crippen LogP contribution in [0.4, 0.5) is 13.2 Å². The largest absolute Gasteiger partial charge is 0.490 e. The van der Waals surface area contributed by atoms with Gasteiger partial charge in [-0.1, -0.05) is 60.7 Å². The summed E-state index contributed by atoms with van der Waals surface area (Å²) in [6, 6.07) is 16.6. The lowest BCUT2D eigenvalue weighted by Gasteiger charge is -2.22. The van der Waals surface area contributed by atoms with Crippen LogP contribution in [0.1, 0.15) is 24.0 Å². The fraction of sp³-hybridized carbons (Fsp3) is 0.320. The second-order valence-corrected chi connectivity index (χ2v) is 8.19. The van der Waals surface area contributed by atoms with Crippen molar-refractivity contribution in [2.75, 3.05) is 6.54 Å². The Morgan fingerprint density at radius 1 is 0.846 bits per heavy atom. The van der Waals surface area contributed by atoms with Crippen LogP contribution < -0.4 is 27.8 Å². The van der Waals surface area contributed by atoms with Crippen molar-refractivity contribution in [3.63, 3.8) is 0 Å². The Bertz CT molecular complexity index is 1110. The fourth-order valence-corrected chi connectivity index (χ4v) is 3.14. The van der Waals surface area contributed by atoms with Crippen molar-refractivity contribution < 1.29 is 37.5 Å². The summed E-state index contributed by atoms with van der Waals surface area (Å²) in [4.78, 5) is 50.2. The van der Waals surface area contributed by atoms with E-state index in [0.717, 1.165) is 11.1 Å². The number of nitrogens with one attached hydrogen (secondary N) is 2. The van der Waals surface area contributed by atoms with E-state index in [-0.39, 0.29) is 24.7 Å². The molecule has 212 valence electrons. The Kier molecular flexibility index (Phi) is 13.5. The zero-order chi connectivity index (χ0) is 29.4. The zero-order valence-corrected chi connectivity index (χ0v) is 20.9. The molecule has 0 unspecified atom stereocenters. The average Bonchev–Trinajstić information content (AvgIpc) is 2.86. The van der Waals surface area contributed by atoms with Gasteiger partial charge in [-0.05, 0) is 24.0 Å².